The van der Waals surface area contributed by atoms with Crippen molar-refractivity contribution < 1.29 is 4.79 Å². The van der Waals surface area contributed by atoms with Crippen LogP contribution in [-0.4, -0.2) is 52.9 Å². The lowest BCUT2D eigenvalue weighted by Gasteiger charge is -2.26. The first-order chi connectivity index (χ1) is 12.4. The topological polar surface area (TPSA) is 36.4 Å². The fourth-order valence-corrected chi connectivity index (χ4v) is 4.78. The summed E-state index contributed by atoms with van der Waals surface area (Å²) < 4.78 is 0. The van der Waals surface area contributed by atoms with Gasteiger partial charge in [-0.3, -0.25) is 9.69 Å². The summed E-state index contributed by atoms with van der Waals surface area (Å²) in [6.45, 7) is 9.87. The molecule has 4 nitrogen and oxygen atoms in total. The van der Waals surface area contributed by atoms with Crippen LogP contribution in [0.4, 0.5) is 0 Å². The van der Waals surface area contributed by atoms with E-state index in [2.05, 4.69) is 23.7 Å². The zero-order chi connectivity index (χ0) is 18.8. The van der Waals surface area contributed by atoms with Crippen LogP contribution in [0.25, 0.3) is 10.6 Å². The number of benzene rings is 1. The molecule has 0 spiro atoms. The Morgan fingerprint density at radius 2 is 2.04 bits per heavy atom. The maximum absolute atomic E-state index is 13.0. The van der Waals surface area contributed by atoms with E-state index in [9.17, 15) is 4.79 Å². The third-order valence-corrected chi connectivity index (χ3v) is 6.87. The summed E-state index contributed by atoms with van der Waals surface area (Å²) in [6.07, 6.45) is 1.03. The first-order valence-electron chi connectivity index (χ1n) is 8.90. The monoisotopic (exact) mass is 411 g/mol. The predicted molar refractivity (Wildman–Crippen MR) is 110 cm³/mol. The summed E-state index contributed by atoms with van der Waals surface area (Å²) in [6, 6.07) is 5.89. The number of amides is 1. The van der Waals surface area contributed by atoms with Crippen LogP contribution in [0.5, 0.6) is 0 Å². The molecule has 7 heteroatoms. The van der Waals surface area contributed by atoms with Gasteiger partial charge in [-0.25, -0.2) is 4.98 Å². The van der Waals surface area contributed by atoms with Gasteiger partial charge in [0.25, 0.3) is 5.91 Å². The Labute approximate surface area is 168 Å². The molecule has 0 radical (unpaired) electrons. The van der Waals surface area contributed by atoms with E-state index in [1.807, 2.05) is 17.9 Å². The highest BCUT2D eigenvalue weighted by atomic mass is 35.5. The van der Waals surface area contributed by atoms with E-state index < -0.39 is 0 Å². The van der Waals surface area contributed by atoms with Crippen LogP contribution in [0, 0.1) is 6.92 Å². The third kappa shape index (κ3) is 3.91. The molecule has 1 aliphatic rings. The van der Waals surface area contributed by atoms with Crippen molar-refractivity contribution in [1.29, 1.82) is 0 Å². The molecule has 2 aromatic rings. The lowest BCUT2D eigenvalue weighted by molar-refractivity contribution is 0.0782. The second-order valence-electron chi connectivity index (χ2n) is 6.48. The molecule has 1 saturated heterocycles. The number of nitrogens with zero attached hydrogens (tertiary/aromatic N) is 3. The van der Waals surface area contributed by atoms with Crippen LogP contribution in [0.1, 0.15) is 35.6 Å². The van der Waals surface area contributed by atoms with E-state index in [0.29, 0.717) is 21.0 Å². The standard InChI is InChI=1S/C19H23Cl2N3OS/c1-4-23(5-2)14-8-9-24(11-14)19(25)17-12(3)22-18(26-17)13-6-7-15(20)16(21)10-13/h6-7,10,14H,4-5,8-9,11H2,1-3H3. The number of carbonyl (C=O) groups excluding carboxylic acids is 1. The Kier molecular flexibility index (Phi) is 6.23. The lowest BCUT2D eigenvalue weighted by Crippen LogP contribution is -2.38. The van der Waals surface area contributed by atoms with Gasteiger partial charge in [-0.2, -0.15) is 0 Å². The minimum atomic E-state index is 0.0842. The summed E-state index contributed by atoms with van der Waals surface area (Å²) in [7, 11) is 0. The molecule has 1 atom stereocenters. The highest BCUT2D eigenvalue weighted by Gasteiger charge is 2.31. The summed E-state index contributed by atoms with van der Waals surface area (Å²) >= 11 is 13.5. The number of aryl methyl sites for hydroxylation is 1. The number of likely N-dealkylation sites (N-methyl/N-ethyl adjacent to an activating group) is 1. The maximum Gasteiger partial charge on any atom is 0.265 e. The highest BCUT2D eigenvalue weighted by molar-refractivity contribution is 7.17. The van der Waals surface area contributed by atoms with Crippen LogP contribution in [-0.2, 0) is 0 Å². The van der Waals surface area contributed by atoms with E-state index in [4.69, 9.17) is 23.2 Å². The molecule has 1 aromatic heterocycles. The number of likely N-dealkylation sites (tertiary alicyclic amines) is 1. The number of hydrogen-bond acceptors (Lipinski definition) is 4. The zero-order valence-electron chi connectivity index (χ0n) is 15.3. The largest absolute Gasteiger partial charge is 0.336 e. The van der Waals surface area contributed by atoms with Gasteiger partial charge < -0.3 is 4.90 Å². The minimum Gasteiger partial charge on any atom is -0.336 e. The van der Waals surface area contributed by atoms with Crippen LogP contribution < -0.4 is 0 Å². The van der Waals surface area contributed by atoms with Crippen molar-refractivity contribution in [3.05, 3.63) is 38.8 Å². The number of thiazole rings is 1. The molecule has 0 aliphatic carbocycles. The number of halogens is 2. The minimum absolute atomic E-state index is 0.0842. The molecule has 0 saturated carbocycles. The second-order valence-corrected chi connectivity index (χ2v) is 8.29. The van der Waals surface area contributed by atoms with Gasteiger partial charge in [0.15, 0.2) is 0 Å². The molecule has 3 rings (SSSR count). The molecular weight excluding hydrogens is 389 g/mol. The molecule has 140 valence electrons. The highest BCUT2D eigenvalue weighted by Crippen LogP contribution is 2.33. The molecule has 1 aliphatic heterocycles. The fraction of sp³-hybridized carbons (Fsp3) is 0.474. The van der Waals surface area contributed by atoms with Crippen molar-refractivity contribution in [2.24, 2.45) is 0 Å². The molecule has 1 unspecified atom stereocenters. The van der Waals surface area contributed by atoms with E-state index in [1.165, 1.54) is 11.3 Å². The van der Waals surface area contributed by atoms with Crippen LogP contribution in [0.3, 0.4) is 0 Å². The van der Waals surface area contributed by atoms with E-state index in [1.54, 1.807) is 12.1 Å². The normalized spacial score (nSPS) is 17.3. The van der Waals surface area contributed by atoms with Gasteiger partial charge in [0.2, 0.25) is 0 Å². The van der Waals surface area contributed by atoms with Crippen LogP contribution in [0.2, 0.25) is 10.0 Å². The molecular formula is C19H23Cl2N3OS. The fourth-order valence-electron chi connectivity index (χ4n) is 3.46. The van der Waals surface area contributed by atoms with Crippen molar-refractivity contribution in [2.45, 2.75) is 33.2 Å². The summed E-state index contributed by atoms with van der Waals surface area (Å²) in [5, 5.41) is 1.80. The second kappa shape index (κ2) is 8.26. The SMILES string of the molecule is CCN(CC)C1CCN(C(=O)c2sc(-c3ccc(Cl)c(Cl)c3)nc2C)C1. The van der Waals surface area contributed by atoms with Crippen molar-refractivity contribution in [3.63, 3.8) is 0 Å². The molecule has 1 aromatic carbocycles. The van der Waals surface area contributed by atoms with Gasteiger partial charge in [0, 0.05) is 24.7 Å². The van der Waals surface area contributed by atoms with Crippen LogP contribution in [0.15, 0.2) is 18.2 Å². The first kappa shape index (κ1) is 19.6. The third-order valence-electron chi connectivity index (χ3n) is 4.94. The van der Waals surface area contributed by atoms with Gasteiger partial charge >= 0.3 is 0 Å². The van der Waals surface area contributed by atoms with Crippen molar-refractivity contribution in [2.75, 3.05) is 26.2 Å². The molecule has 2 heterocycles. The average Bonchev–Trinajstić information content (AvgIpc) is 3.25. The van der Waals surface area contributed by atoms with Crippen molar-refractivity contribution in [3.8, 4) is 10.6 Å². The number of carbonyl (C=O) groups is 1. The van der Waals surface area contributed by atoms with E-state index >= 15 is 0 Å². The van der Waals surface area contributed by atoms with Crippen molar-refractivity contribution in [1.82, 2.24) is 14.8 Å². The molecule has 0 bridgehead atoms. The quantitative estimate of drug-likeness (QED) is 0.695. The summed E-state index contributed by atoms with van der Waals surface area (Å²) in [5.41, 5.74) is 1.65. The lowest BCUT2D eigenvalue weighted by atomic mass is 10.2. The van der Waals surface area contributed by atoms with E-state index in [-0.39, 0.29) is 5.91 Å². The molecule has 0 N–H and O–H groups in total. The molecule has 1 amide bonds. The summed E-state index contributed by atoms with van der Waals surface area (Å²) in [5.74, 6) is 0.0842. The maximum atomic E-state index is 13.0. The summed E-state index contributed by atoms with van der Waals surface area (Å²) in [4.78, 5) is 22.7. The Balaban J connectivity index is 1.79. The van der Waals surface area contributed by atoms with Gasteiger partial charge in [0.1, 0.15) is 9.88 Å². The Morgan fingerprint density at radius 1 is 1.31 bits per heavy atom. The average molecular weight is 412 g/mol. The molecule has 26 heavy (non-hydrogen) atoms. The smallest absolute Gasteiger partial charge is 0.265 e. The van der Waals surface area contributed by atoms with Gasteiger partial charge in [0.05, 0.1) is 15.7 Å². The Morgan fingerprint density at radius 3 is 2.69 bits per heavy atom. The molecule has 1 fully saturated rings. The van der Waals surface area contributed by atoms with Crippen LogP contribution >= 0.6 is 34.5 Å². The van der Waals surface area contributed by atoms with Gasteiger partial charge in [-0.05, 0) is 38.6 Å². The van der Waals surface area contributed by atoms with Crippen molar-refractivity contribution >= 4 is 40.4 Å². The Bertz CT molecular complexity index is 804. The predicted octanol–water partition coefficient (Wildman–Crippen LogP) is 4.98. The zero-order valence-corrected chi connectivity index (χ0v) is 17.6. The Hall–Kier alpha value is -1.14. The number of aromatic nitrogens is 1. The number of rotatable bonds is 5. The number of hydrogen-bond donors (Lipinski definition) is 0. The van der Waals surface area contributed by atoms with Gasteiger partial charge in [-0.1, -0.05) is 43.1 Å². The first-order valence-corrected chi connectivity index (χ1v) is 10.5. The van der Waals surface area contributed by atoms with Gasteiger partial charge in [-0.15, -0.1) is 11.3 Å². The van der Waals surface area contributed by atoms with E-state index in [0.717, 1.165) is 48.9 Å².